The summed E-state index contributed by atoms with van der Waals surface area (Å²) in [6, 6.07) is 7.86. The molecule has 1 aromatic heterocycles. The molecule has 0 fully saturated rings. The number of rotatable bonds is 2. The second kappa shape index (κ2) is 4.84. The van der Waals surface area contributed by atoms with Crippen LogP contribution in [0, 0.1) is 12.3 Å². The predicted molar refractivity (Wildman–Crippen MR) is 72.6 cm³/mol. The summed E-state index contributed by atoms with van der Waals surface area (Å²) in [6.45, 7) is 7.45. The number of hydrogen-bond donors (Lipinski definition) is 1. The van der Waals surface area contributed by atoms with Gasteiger partial charge < -0.3 is 4.42 Å². The van der Waals surface area contributed by atoms with Gasteiger partial charge in [-0.15, -0.1) is 5.10 Å². The first-order chi connectivity index (χ1) is 8.86. The monoisotopic (exact) mass is 259 g/mol. The van der Waals surface area contributed by atoms with Crippen LogP contribution in [-0.4, -0.2) is 16.1 Å². The minimum absolute atomic E-state index is 0.122. The van der Waals surface area contributed by atoms with Gasteiger partial charge >= 0.3 is 6.01 Å². The topological polar surface area (TPSA) is 68.0 Å². The largest absolute Gasteiger partial charge is 0.403 e. The molecule has 1 aromatic carbocycles. The average molecular weight is 259 g/mol. The van der Waals surface area contributed by atoms with E-state index in [1.165, 1.54) is 0 Å². The molecule has 100 valence electrons. The fraction of sp³-hybridized carbons (Fsp3) is 0.357. The number of aromatic nitrogens is 2. The molecule has 1 amide bonds. The van der Waals surface area contributed by atoms with Crippen molar-refractivity contribution >= 4 is 11.9 Å². The third-order valence-corrected chi connectivity index (χ3v) is 2.59. The van der Waals surface area contributed by atoms with Crippen LogP contribution >= 0.6 is 0 Å². The van der Waals surface area contributed by atoms with Gasteiger partial charge in [-0.25, -0.2) is 0 Å². The van der Waals surface area contributed by atoms with E-state index in [2.05, 4.69) is 15.5 Å². The predicted octanol–water partition coefficient (Wildman–Crippen LogP) is 3.03. The second-order valence-corrected chi connectivity index (χ2v) is 5.49. The molecule has 0 aliphatic heterocycles. The van der Waals surface area contributed by atoms with Crippen LogP contribution in [0.4, 0.5) is 6.01 Å². The lowest BCUT2D eigenvalue weighted by atomic mass is 9.96. The minimum atomic E-state index is -0.502. The van der Waals surface area contributed by atoms with Crippen LogP contribution in [-0.2, 0) is 4.79 Å². The van der Waals surface area contributed by atoms with Gasteiger partial charge in [-0.3, -0.25) is 10.1 Å². The highest BCUT2D eigenvalue weighted by atomic mass is 16.4. The molecule has 0 aliphatic rings. The Kier molecular flexibility index (Phi) is 3.38. The number of carbonyl (C=O) groups excluding carboxylic acids is 1. The molecule has 5 heteroatoms. The van der Waals surface area contributed by atoms with Crippen molar-refractivity contribution in [3.63, 3.8) is 0 Å². The van der Waals surface area contributed by atoms with Crippen molar-refractivity contribution in [2.45, 2.75) is 27.7 Å². The third-order valence-electron chi connectivity index (χ3n) is 2.59. The summed E-state index contributed by atoms with van der Waals surface area (Å²) in [5.74, 6) is 0.236. The number of hydrogen-bond acceptors (Lipinski definition) is 4. The number of benzene rings is 1. The average Bonchev–Trinajstić information content (AvgIpc) is 2.76. The molecular weight excluding hydrogens is 242 g/mol. The Morgan fingerprint density at radius 3 is 2.63 bits per heavy atom. The van der Waals surface area contributed by atoms with Crippen LogP contribution in [0.15, 0.2) is 28.7 Å². The molecule has 0 saturated heterocycles. The van der Waals surface area contributed by atoms with E-state index >= 15 is 0 Å². The zero-order valence-corrected chi connectivity index (χ0v) is 11.5. The highest BCUT2D eigenvalue weighted by molar-refractivity contribution is 5.92. The number of nitrogens with one attached hydrogen (secondary N) is 1. The van der Waals surface area contributed by atoms with Crippen molar-refractivity contribution < 1.29 is 9.21 Å². The molecule has 0 bridgehead atoms. The minimum Gasteiger partial charge on any atom is -0.403 e. The quantitative estimate of drug-likeness (QED) is 0.900. The summed E-state index contributed by atoms with van der Waals surface area (Å²) in [5.41, 5.74) is 1.44. The van der Waals surface area contributed by atoms with Crippen molar-refractivity contribution in [2.75, 3.05) is 5.32 Å². The first-order valence-corrected chi connectivity index (χ1v) is 6.08. The lowest BCUT2D eigenvalue weighted by Crippen LogP contribution is -2.27. The van der Waals surface area contributed by atoms with Crippen LogP contribution in [0.3, 0.4) is 0 Å². The van der Waals surface area contributed by atoms with E-state index in [-0.39, 0.29) is 11.9 Å². The highest BCUT2D eigenvalue weighted by Crippen LogP contribution is 2.22. The maximum atomic E-state index is 11.8. The molecule has 0 unspecified atom stereocenters. The fourth-order valence-corrected chi connectivity index (χ4v) is 1.45. The van der Waals surface area contributed by atoms with Gasteiger partial charge in [-0.2, -0.15) is 0 Å². The standard InChI is InChI=1S/C14H17N3O2/c1-9-6-5-7-10(8-9)11-16-17-13(19-11)15-12(18)14(2,3)4/h5-8H,1-4H3,(H,15,17,18). The molecule has 19 heavy (non-hydrogen) atoms. The Morgan fingerprint density at radius 2 is 2.00 bits per heavy atom. The number of anilines is 1. The Labute approximate surface area is 112 Å². The van der Waals surface area contributed by atoms with E-state index < -0.39 is 5.41 Å². The van der Waals surface area contributed by atoms with E-state index in [0.717, 1.165) is 11.1 Å². The summed E-state index contributed by atoms with van der Waals surface area (Å²) in [7, 11) is 0. The maximum Gasteiger partial charge on any atom is 0.322 e. The number of aryl methyl sites for hydroxylation is 1. The molecule has 0 saturated carbocycles. The first kappa shape index (κ1) is 13.3. The van der Waals surface area contributed by atoms with Gasteiger partial charge in [0.1, 0.15) is 0 Å². The Bertz CT molecular complexity index is 597. The van der Waals surface area contributed by atoms with Crippen LogP contribution in [0.25, 0.3) is 11.5 Å². The molecule has 1 heterocycles. The number of nitrogens with zero attached hydrogens (tertiary/aromatic N) is 2. The number of amides is 1. The summed E-state index contributed by atoms with van der Waals surface area (Å²) in [5, 5.41) is 10.4. The van der Waals surface area contributed by atoms with Gasteiger partial charge in [0.15, 0.2) is 0 Å². The highest BCUT2D eigenvalue weighted by Gasteiger charge is 2.23. The van der Waals surface area contributed by atoms with Gasteiger partial charge in [0.05, 0.1) is 0 Å². The third kappa shape index (κ3) is 3.19. The summed E-state index contributed by atoms with van der Waals surface area (Å²) in [4.78, 5) is 11.8. The molecular formula is C14H17N3O2. The molecule has 2 rings (SSSR count). The van der Waals surface area contributed by atoms with Gasteiger partial charge in [0, 0.05) is 11.0 Å². The van der Waals surface area contributed by atoms with Gasteiger partial charge in [0.2, 0.25) is 11.8 Å². The summed E-state index contributed by atoms with van der Waals surface area (Å²) in [6.07, 6.45) is 0. The van der Waals surface area contributed by atoms with Gasteiger partial charge in [-0.1, -0.05) is 43.6 Å². The zero-order valence-electron chi connectivity index (χ0n) is 11.5. The SMILES string of the molecule is Cc1cccc(-c2nnc(NC(=O)C(C)(C)C)o2)c1. The van der Waals surface area contributed by atoms with Crippen molar-refractivity contribution in [2.24, 2.45) is 5.41 Å². The van der Waals surface area contributed by atoms with E-state index in [0.29, 0.717) is 5.89 Å². The second-order valence-electron chi connectivity index (χ2n) is 5.49. The lowest BCUT2D eigenvalue weighted by molar-refractivity contribution is -0.123. The van der Waals surface area contributed by atoms with E-state index in [9.17, 15) is 4.79 Å². The van der Waals surface area contributed by atoms with Crippen LogP contribution < -0.4 is 5.32 Å². The van der Waals surface area contributed by atoms with Crippen LogP contribution in [0.2, 0.25) is 0 Å². The Hall–Kier alpha value is -2.17. The van der Waals surface area contributed by atoms with Gasteiger partial charge in [0.25, 0.3) is 0 Å². The maximum absolute atomic E-state index is 11.8. The molecule has 0 atom stereocenters. The normalized spacial score (nSPS) is 11.4. The zero-order chi connectivity index (χ0) is 14.0. The Balaban J connectivity index is 2.18. The molecule has 0 spiro atoms. The summed E-state index contributed by atoms with van der Waals surface area (Å²) >= 11 is 0. The Morgan fingerprint density at radius 1 is 1.26 bits per heavy atom. The molecule has 5 nitrogen and oxygen atoms in total. The number of carbonyl (C=O) groups is 1. The van der Waals surface area contributed by atoms with Gasteiger partial charge in [-0.05, 0) is 19.1 Å². The van der Waals surface area contributed by atoms with E-state index in [1.807, 2.05) is 52.0 Å². The molecule has 1 N–H and O–H groups in total. The molecule has 0 aliphatic carbocycles. The molecule has 0 radical (unpaired) electrons. The smallest absolute Gasteiger partial charge is 0.322 e. The van der Waals surface area contributed by atoms with Crippen LogP contribution in [0.1, 0.15) is 26.3 Å². The van der Waals surface area contributed by atoms with E-state index in [1.54, 1.807) is 0 Å². The molecule has 2 aromatic rings. The van der Waals surface area contributed by atoms with Crippen molar-refractivity contribution in [1.29, 1.82) is 0 Å². The van der Waals surface area contributed by atoms with Crippen molar-refractivity contribution in [1.82, 2.24) is 10.2 Å². The summed E-state index contributed by atoms with van der Waals surface area (Å²) < 4.78 is 5.44. The van der Waals surface area contributed by atoms with Crippen molar-refractivity contribution in [3.8, 4) is 11.5 Å². The first-order valence-electron chi connectivity index (χ1n) is 6.08. The van der Waals surface area contributed by atoms with Crippen LogP contribution in [0.5, 0.6) is 0 Å². The fourth-order valence-electron chi connectivity index (χ4n) is 1.45. The van der Waals surface area contributed by atoms with Crippen molar-refractivity contribution in [3.05, 3.63) is 29.8 Å². The lowest BCUT2D eigenvalue weighted by Gasteiger charge is -2.15. The van der Waals surface area contributed by atoms with E-state index in [4.69, 9.17) is 4.42 Å².